The van der Waals surface area contributed by atoms with Crippen LogP contribution in [-0.4, -0.2) is 37.6 Å². The molecule has 0 aromatic rings. The molecule has 96 valence electrons. The van der Waals surface area contributed by atoms with Crippen molar-refractivity contribution in [2.24, 2.45) is 17.1 Å². The molecule has 2 N–H and O–H groups in total. The van der Waals surface area contributed by atoms with Crippen LogP contribution in [0.2, 0.25) is 0 Å². The molecule has 0 spiro atoms. The lowest BCUT2D eigenvalue weighted by Gasteiger charge is -2.28. The van der Waals surface area contributed by atoms with Gasteiger partial charge in [-0.25, -0.2) is 8.42 Å². The molecule has 4 nitrogen and oxygen atoms in total. The highest BCUT2D eigenvalue weighted by atomic mass is 32.2. The Hall–Kier alpha value is -0.130. The molecule has 0 aliphatic carbocycles. The first-order valence-electron chi connectivity index (χ1n) is 5.87. The standard InChI is InChI=1S/C11H24N2O2S/c1-9-5-6-13(10(9)7-12)16(14,15)8-11(2,3)4/h9-10H,5-8,12H2,1-4H3. The Labute approximate surface area is 99.2 Å². The summed E-state index contributed by atoms with van der Waals surface area (Å²) >= 11 is 0. The van der Waals surface area contributed by atoms with Crippen LogP contribution in [0.1, 0.15) is 34.1 Å². The monoisotopic (exact) mass is 248 g/mol. The van der Waals surface area contributed by atoms with Crippen molar-refractivity contribution in [1.82, 2.24) is 4.31 Å². The summed E-state index contributed by atoms with van der Waals surface area (Å²) in [6.07, 6.45) is 0.922. The molecule has 1 aliphatic heterocycles. The van der Waals surface area contributed by atoms with Gasteiger partial charge in [0.25, 0.3) is 0 Å². The van der Waals surface area contributed by atoms with Crippen LogP contribution >= 0.6 is 0 Å². The van der Waals surface area contributed by atoms with E-state index in [4.69, 9.17) is 5.73 Å². The molecule has 5 heteroatoms. The minimum absolute atomic E-state index is 0.00708. The van der Waals surface area contributed by atoms with Gasteiger partial charge in [0.1, 0.15) is 0 Å². The molecule has 1 rings (SSSR count). The van der Waals surface area contributed by atoms with Gasteiger partial charge in [-0.1, -0.05) is 27.7 Å². The van der Waals surface area contributed by atoms with E-state index in [-0.39, 0.29) is 17.2 Å². The summed E-state index contributed by atoms with van der Waals surface area (Å²) in [5.74, 6) is 0.572. The molecule has 1 heterocycles. The molecule has 0 saturated carbocycles. The maximum Gasteiger partial charge on any atom is 0.214 e. The SMILES string of the molecule is CC1CCN(S(=O)(=O)CC(C)(C)C)C1CN. The number of nitrogens with zero attached hydrogens (tertiary/aromatic N) is 1. The summed E-state index contributed by atoms with van der Waals surface area (Å²) in [6, 6.07) is -0.00708. The Bertz CT molecular complexity index is 332. The van der Waals surface area contributed by atoms with Crippen LogP contribution in [0.25, 0.3) is 0 Å². The van der Waals surface area contributed by atoms with Crippen LogP contribution in [0.4, 0.5) is 0 Å². The lowest BCUT2D eigenvalue weighted by molar-refractivity contribution is 0.344. The summed E-state index contributed by atoms with van der Waals surface area (Å²) in [5, 5.41) is 0. The topological polar surface area (TPSA) is 63.4 Å². The first kappa shape index (κ1) is 13.9. The average Bonchev–Trinajstić information content (AvgIpc) is 2.42. The summed E-state index contributed by atoms with van der Waals surface area (Å²) in [7, 11) is -3.16. The Morgan fingerprint density at radius 2 is 1.94 bits per heavy atom. The van der Waals surface area contributed by atoms with Gasteiger partial charge in [-0.3, -0.25) is 0 Å². The zero-order chi connectivity index (χ0) is 12.6. The van der Waals surface area contributed by atoms with E-state index in [0.29, 0.717) is 19.0 Å². The highest BCUT2D eigenvalue weighted by molar-refractivity contribution is 7.89. The predicted molar refractivity (Wildman–Crippen MR) is 66.6 cm³/mol. The van der Waals surface area contributed by atoms with Crippen LogP contribution in [0.3, 0.4) is 0 Å². The van der Waals surface area contributed by atoms with Crippen molar-refractivity contribution in [1.29, 1.82) is 0 Å². The zero-order valence-electron chi connectivity index (χ0n) is 10.7. The highest BCUT2D eigenvalue weighted by Crippen LogP contribution is 2.28. The van der Waals surface area contributed by atoms with Gasteiger partial charge in [0.2, 0.25) is 10.0 Å². The predicted octanol–water partition coefficient (Wildman–Crippen LogP) is 1.03. The third kappa shape index (κ3) is 3.18. The van der Waals surface area contributed by atoms with Crippen molar-refractivity contribution in [3.63, 3.8) is 0 Å². The van der Waals surface area contributed by atoms with Gasteiger partial charge in [0, 0.05) is 19.1 Å². The van der Waals surface area contributed by atoms with Gasteiger partial charge in [-0.15, -0.1) is 0 Å². The molecule has 0 radical (unpaired) electrons. The van der Waals surface area contributed by atoms with E-state index in [1.54, 1.807) is 4.31 Å². The quantitative estimate of drug-likeness (QED) is 0.811. The molecule has 0 aromatic heterocycles. The maximum atomic E-state index is 12.2. The smallest absolute Gasteiger partial charge is 0.214 e. The number of hydrogen-bond acceptors (Lipinski definition) is 3. The molecule has 1 saturated heterocycles. The zero-order valence-corrected chi connectivity index (χ0v) is 11.5. The molecule has 1 aliphatic rings. The van der Waals surface area contributed by atoms with Gasteiger partial charge < -0.3 is 5.73 Å². The second-order valence-corrected chi connectivity index (χ2v) is 7.92. The molecule has 0 bridgehead atoms. The number of nitrogens with two attached hydrogens (primary N) is 1. The third-order valence-electron chi connectivity index (χ3n) is 3.05. The largest absolute Gasteiger partial charge is 0.329 e. The van der Waals surface area contributed by atoms with E-state index in [1.165, 1.54) is 0 Å². The molecule has 1 fully saturated rings. The Kier molecular flexibility index (Phi) is 4.03. The van der Waals surface area contributed by atoms with Gasteiger partial charge in [0.05, 0.1) is 5.75 Å². The highest BCUT2D eigenvalue weighted by Gasteiger charge is 2.39. The van der Waals surface area contributed by atoms with Crippen LogP contribution in [0, 0.1) is 11.3 Å². The summed E-state index contributed by atoms with van der Waals surface area (Å²) < 4.78 is 26.1. The average molecular weight is 248 g/mol. The fourth-order valence-electron chi connectivity index (χ4n) is 2.30. The molecule has 2 atom stereocenters. The van der Waals surface area contributed by atoms with Gasteiger partial charge in [-0.05, 0) is 17.8 Å². The lowest BCUT2D eigenvalue weighted by atomic mass is 10.0. The van der Waals surface area contributed by atoms with Crippen LogP contribution in [0.5, 0.6) is 0 Å². The minimum atomic E-state index is -3.16. The van der Waals surface area contributed by atoms with Crippen molar-refractivity contribution in [2.75, 3.05) is 18.8 Å². The molecule has 16 heavy (non-hydrogen) atoms. The van der Waals surface area contributed by atoms with Gasteiger partial charge in [0.15, 0.2) is 0 Å². The van der Waals surface area contributed by atoms with Crippen LogP contribution in [-0.2, 0) is 10.0 Å². The van der Waals surface area contributed by atoms with Gasteiger partial charge in [-0.2, -0.15) is 4.31 Å². The third-order valence-corrected chi connectivity index (χ3v) is 5.44. The van der Waals surface area contributed by atoms with Gasteiger partial charge >= 0.3 is 0 Å². The number of sulfonamides is 1. The van der Waals surface area contributed by atoms with E-state index >= 15 is 0 Å². The fraction of sp³-hybridized carbons (Fsp3) is 1.00. The van der Waals surface area contributed by atoms with Crippen molar-refractivity contribution < 1.29 is 8.42 Å². The van der Waals surface area contributed by atoms with E-state index in [9.17, 15) is 8.42 Å². The van der Waals surface area contributed by atoms with Crippen molar-refractivity contribution in [3.05, 3.63) is 0 Å². The minimum Gasteiger partial charge on any atom is -0.329 e. The van der Waals surface area contributed by atoms with Crippen molar-refractivity contribution in [3.8, 4) is 0 Å². The Morgan fingerprint density at radius 1 is 1.38 bits per heavy atom. The Balaban J connectivity index is 2.84. The number of hydrogen-bond donors (Lipinski definition) is 1. The lowest BCUT2D eigenvalue weighted by Crippen LogP contribution is -2.44. The second-order valence-electron chi connectivity index (χ2n) is 6.00. The Morgan fingerprint density at radius 3 is 2.38 bits per heavy atom. The summed E-state index contributed by atoms with van der Waals surface area (Å²) in [6.45, 7) is 8.96. The second kappa shape index (κ2) is 4.63. The van der Waals surface area contributed by atoms with Crippen molar-refractivity contribution in [2.45, 2.75) is 40.2 Å². The van der Waals surface area contributed by atoms with Crippen molar-refractivity contribution >= 4 is 10.0 Å². The molecule has 0 amide bonds. The molecule has 2 unspecified atom stereocenters. The van der Waals surface area contributed by atoms with E-state index < -0.39 is 10.0 Å². The van der Waals surface area contributed by atoms with E-state index in [1.807, 2.05) is 20.8 Å². The fourth-order valence-corrected chi connectivity index (χ4v) is 4.65. The normalized spacial score (nSPS) is 28.6. The molecular formula is C11H24N2O2S. The maximum absolute atomic E-state index is 12.2. The van der Waals surface area contributed by atoms with Crippen LogP contribution < -0.4 is 5.73 Å². The summed E-state index contributed by atoms with van der Waals surface area (Å²) in [5.41, 5.74) is 5.46. The first-order valence-corrected chi connectivity index (χ1v) is 7.48. The molecular weight excluding hydrogens is 224 g/mol. The van der Waals surface area contributed by atoms with Crippen LogP contribution in [0.15, 0.2) is 0 Å². The first-order chi connectivity index (χ1) is 7.17. The number of rotatable bonds is 3. The van der Waals surface area contributed by atoms with E-state index in [0.717, 1.165) is 6.42 Å². The van der Waals surface area contributed by atoms with E-state index in [2.05, 4.69) is 6.92 Å². The molecule has 0 aromatic carbocycles. The summed E-state index contributed by atoms with van der Waals surface area (Å²) in [4.78, 5) is 0.